The Hall–Kier alpha value is -2.39. The zero-order valence-corrected chi connectivity index (χ0v) is 16.5. The maximum absolute atomic E-state index is 12.5. The minimum Gasteiger partial charge on any atom is -0.478 e. The number of esters is 1. The molecule has 4 rings (SSSR count). The number of methoxy groups -OCH3 is 1. The average Bonchev–Trinajstić information content (AvgIpc) is 3.04. The molecule has 28 heavy (non-hydrogen) atoms. The lowest BCUT2D eigenvalue weighted by atomic mass is 10.00. The summed E-state index contributed by atoms with van der Waals surface area (Å²) in [5, 5.41) is 0.724. The zero-order chi connectivity index (χ0) is 20.1. The van der Waals surface area contributed by atoms with Crippen molar-refractivity contribution < 1.29 is 27.1 Å². The molecule has 8 nitrogen and oxygen atoms in total. The fourth-order valence-electron chi connectivity index (χ4n) is 3.90. The molecule has 1 aromatic carbocycles. The predicted molar refractivity (Wildman–Crippen MR) is 101 cm³/mol. The molecule has 2 aliphatic heterocycles. The van der Waals surface area contributed by atoms with E-state index in [2.05, 4.69) is 4.74 Å². The van der Waals surface area contributed by atoms with Gasteiger partial charge in [0.15, 0.2) is 9.84 Å². The van der Waals surface area contributed by atoms with Crippen LogP contribution in [0.5, 0.6) is 5.75 Å². The molecule has 1 saturated heterocycles. The highest BCUT2D eigenvalue weighted by atomic mass is 32.2. The van der Waals surface area contributed by atoms with Gasteiger partial charge in [-0.25, -0.2) is 13.2 Å². The summed E-state index contributed by atoms with van der Waals surface area (Å²) < 4.78 is 39.7. The smallest absolute Gasteiger partial charge is 0.340 e. The standard InChI is InChI=1S/C19H21NO7S/c1-11-13-3-4-16-15(18(13)27-19(22)14(11)7-17(21)25-2)8-20(10-26-16)12-5-6-28(23,24)9-12/h3-4,12H,5-10H2,1-2H3/t12-/m0/s1. The fourth-order valence-corrected chi connectivity index (χ4v) is 5.66. The summed E-state index contributed by atoms with van der Waals surface area (Å²) in [5.41, 5.74) is 1.50. The average molecular weight is 407 g/mol. The van der Waals surface area contributed by atoms with E-state index in [9.17, 15) is 18.0 Å². The Bertz CT molecular complexity index is 1120. The van der Waals surface area contributed by atoms with Crippen molar-refractivity contribution in [2.24, 2.45) is 0 Å². The molecule has 3 heterocycles. The third kappa shape index (κ3) is 3.29. The summed E-state index contributed by atoms with van der Waals surface area (Å²) in [6.45, 7) is 2.50. The molecular weight excluding hydrogens is 386 g/mol. The van der Waals surface area contributed by atoms with E-state index < -0.39 is 21.4 Å². The molecule has 150 valence electrons. The molecule has 0 spiro atoms. The molecular formula is C19H21NO7S. The third-order valence-corrected chi connectivity index (χ3v) is 7.29. The summed E-state index contributed by atoms with van der Waals surface area (Å²) in [6.07, 6.45) is 0.415. The van der Waals surface area contributed by atoms with Gasteiger partial charge in [0.1, 0.15) is 18.1 Å². The number of rotatable bonds is 3. The van der Waals surface area contributed by atoms with Gasteiger partial charge in [0.25, 0.3) is 0 Å². The number of aryl methyl sites for hydroxylation is 1. The summed E-state index contributed by atoms with van der Waals surface area (Å²) in [6, 6.07) is 3.51. The molecule has 0 radical (unpaired) electrons. The Labute approximate surface area is 161 Å². The van der Waals surface area contributed by atoms with Crippen LogP contribution in [0.4, 0.5) is 0 Å². The second-order valence-corrected chi connectivity index (χ2v) is 9.47. The Morgan fingerprint density at radius 1 is 1.36 bits per heavy atom. The summed E-state index contributed by atoms with van der Waals surface area (Å²) in [5.74, 6) is 0.405. The molecule has 0 N–H and O–H groups in total. The van der Waals surface area contributed by atoms with E-state index in [1.165, 1.54) is 7.11 Å². The normalized spacial score (nSPS) is 21.3. The number of carbonyl (C=O) groups is 1. The van der Waals surface area contributed by atoms with Gasteiger partial charge in [0.2, 0.25) is 0 Å². The molecule has 2 aliphatic rings. The lowest BCUT2D eigenvalue weighted by Gasteiger charge is -2.33. The first-order chi connectivity index (χ1) is 13.3. The van der Waals surface area contributed by atoms with Gasteiger partial charge in [-0.05, 0) is 31.0 Å². The molecule has 0 aliphatic carbocycles. The largest absolute Gasteiger partial charge is 0.478 e. The van der Waals surface area contributed by atoms with Crippen molar-refractivity contribution in [3.8, 4) is 5.75 Å². The molecule has 1 aromatic heterocycles. The fraction of sp³-hybridized carbons (Fsp3) is 0.474. The molecule has 1 atom stereocenters. The van der Waals surface area contributed by atoms with Crippen LogP contribution in [0.2, 0.25) is 0 Å². The Balaban J connectivity index is 1.75. The van der Waals surface area contributed by atoms with Crippen LogP contribution in [-0.2, 0) is 32.3 Å². The monoisotopic (exact) mass is 407 g/mol. The van der Waals surface area contributed by atoms with Crippen LogP contribution in [-0.4, -0.2) is 50.7 Å². The number of sulfone groups is 1. The number of benzene rings is 1. The maximum Gasteiger partial charge on any atom is 0.340 e. The van der Waals surface area contributed by atoms with E-state index in [1.807, 2.05) is 17.0 Å². The first kappa shape index (κ1) is 18.9. The number of carbonyl (C=O) groups excluding carboxylic acids is 1. The lowest BCUT2D eigenvalue weighted by molar-refractivity contribution is -0.139. The molecule has 2 aromatic rings. The quantitative estimate of drug-likeness (QED) is 0.552. The first-order valence-corrected chi connectivity index (χ1v) is 10.8. The highest BCUT2D eigenvalue weighted by Gasteiger charge is 2.35. The van der Waals surface area contributed by atoms with Gasteiger partial charge in [0, 0.05) is 18.0 Å². The Kier molecular flexibility index (Phi) is 4.67. The van der Waals surface area contributed by atoms with Crippen LogP contribution < -0.4 is 10.4 Å². The van der Waals surface area contributed by atoms with Crippen LogP contribution in [0.15, 0.2) is 21.3 Å². The van der Waals surface area contributed by atoms with Crippen LogP contribution >= 0.6 is 0 Å². The van der Waals surface area contributed by atoms with Crippen LogP contribution in [0.1, 0.15) is 23.1 Å². The molecule has 9 heteroatoms. The number of fused-ring (bicyclic) bond motifs is 3. The molecule has 0 saturated carbocycles. The SMILES string of the molecule is COC(=O)Cc1c(C)c2ccc3c(c2oc1=O)CN([C@H]1CCS(=O)(=O)C1)CO3. The van der Waals surface area contributed by atoms with Gasteiger partial charge in [-0.15, -0.1) is 0 Å². The summed E-state index contributed by atoms with van der Waals surface area (Å²) in [4.78, 5) is 26.1. The van der Waals surface area contributed by atoms with Gasteiger partial charge in [-0.2, -0.15) is 0 Å². The number of nitrogens with zero attached hydrogens (tertiary/aromatic N) is 1. The van der Waals surface area contributed by atoms with E-state index in [0.717, 1.165) is 10.9 Å². The summed E-state index contributed by atoms with van der Waals surface area (Å²) >= 11 is 0. The predicted octanol–water partition coefficient (Wildman–Crippen LogP) is 1.16. The van der Waals surface area contributed by atoms with Crippen molar-refractivity contribution in [3.63, 3.8) is 0 Å². The van der Waals surface area contributed by atoms with Gasteiger partial charge >= 0.3 is 11.6 Å². The minimum absolute atomic E-state index is 0.111. The molecule has 0 unspecified atom stereocenters. The highest BCUT2D eigenvalue weighted by Crippen LogP contribution is 2.35. The number of hydrogen-bond acceptors (Lipinski definition) is 8. The minimum atomic E-state index is -3.01. The summed E-state index contributed by atoms with van der Waals surface area (Å²) in [7, 11) is -1.74. The van der Waals surface area contributed by atoms with Crippen molar-refractivity contribution in [2.45, 2.75) is 32.4 Å². The van der Waals surface area contributed by atoms with Crippen molar-refractivity contribution in [3.05, 3.63) is 39.2 Å². The van der Waals surface area contributed by atoms with Crippen LogP contribution in [0, 0.1) is 6.92 Å². The van der Waals surface area contributed by atoms with Crippen molar-refractivity contribution in [1.82, 2.24) is 4.90 Å². The Morgan fingerprint density at radius 2 is 2.14 bits per heavy atom. The van der Waals surface area contributed by atoms with Crippen LogP contribution in [0.25, 0.3) is 11.0 Å². The zero-order valence-electron chi connectivity index (χ0n) is 15.7. The van der Waals surface area contributed by atoms with Gasteiger partial charge < -0.3 is 13.9 Å². The topological polar surface area (TPSA) is 103 Å². The third-order valence-electron chi connectivity index (χ3n) is 5.54. The maximum atomic E-state index is 12.5. The number of hydrogen-bond donors (Lipinski definition) is 0. The van der Waals surface area contributed by atoms with Crippen molar-refractivity contribution in [2.75, 3.05) is 25.3 Å². The van der Waals surface area contributed by atoms with E-state index in [-0.39, 0.29) is 29.5 Å². The van der Waals surface area contributed by atoms with Gasteiger partial charge in [-0.3, -0.25) is 9.69 Å². The van der Waals surface area contributed by atoms with Gasteiger partial charge in [0.05, 0.1) is 36.2 Å². The molecule has 0 amide bonds. The van der Waals surface area contributed by atoms with E-state index in [4.69, 9.17) is 9.15 Å². The second-order valence-electron chi connectivity index (χ2n) is 7.24. The van der Waals surface area contributed by atoms with E-state index in [1.54, 1.807) is 6.92 Å². The lowest BCUT2D eigenvalue weighted by Crippen LogP contribution is -2.41. The van der Waals surface area contributed by atoms with E-state index in [0.29, 0.717) is 36.6 Å². The molecule has 1 fully saturated rings. The second kappa shape index (κ2) is 6.89. The number of ether oxygens (including phenoxy) is 2. The van der Waals surface area contributed by atoms with Crippen molar-refractivity contribution >= 4 is 26.8 Å². The van der Waals surface area contributed by atoms with Crippen LogP contribution in [0.3, 0.4) is 0 Å². The first-order valence-electron chi connectivity index (χ1n) is 9.01. The van der Waals surface area contributed by atoms with Crippen molar-refractivity contribution in [1.29, 1.82) is 0 Å². The molecule has 0 bridgehead atoms. The van der Waals surface area contributed by atoms with E-state index >= 15 is 0 Å². The highest BCUT2D eigenvalue weighted by molar-refractivity contribution is 7.91. The van der Waals surface area contributed by atoms with Gasteiger partial charge in [-0.1, -0.05) is 0 Å². The Morgan fingerprint density at radius 3 is 2.82 bits per heavy atom.